The minimum atomic E-state index is -2.03. The highest BCUT2D eigenvalue weighted by Crippen LogP contribution is 2.77. The van der Waals surface area contributed by atoms with Crippen LogP contribution in [0.25, 0.3) is 0 Å². The van der Waals surface area contributed by atoms with Crippen LogP contribution in [0.1, 0.15) is 155 Å². The van der Waals surface area contributed by atoms with E-state index >= 15 is 9.59 Å². The third-order valence-corrected chi connectivity index (χ3v) is 28.4. The van der Waals surface area contributed by atoms with Gasteiger partial charge in [-0.15, -0.1) is 0 Å². The molecular weight excluding hydrogens is 1080 g/mol. The van der Waals surface area contributed by atoms with E-state index in [0.29, 0.717) is 81.5 Å². The van der Waals surface area contributed by atoms with Gasteiger partial charge in [0.25, 0.3) is 0 Å². The summed E-state index contributed by atoms with van der Waals surface area (Å²) in [4.78, 5) is 34.2. The minimum Gasteiger partial charge on any atom is -0.508 e. The Bertz CT molecular complexity index is 2670. The van der Waals surface area contributed by atoms with E-state index < -0.39 is 104 Å². The molecule has 15 nitrogen and oxygen atoms in total. The van der Waals surface area contributed by atoms with Crippen molar-refractivity contribution in [2.24, 2.45) is 74.4 Å². The quantitative estimate of drug-likeness (QED) is 0.0432. The van der Waals surface area contributed by atoms with Crippen LogP contribution in [0, 0.1) is 74.4 Å². The molecule has 20 atom stereocenters. The fourth-order valence-corrected chi connectivity index (χ4v) is 24.4. The number of ketones is 1. The molecule has 8 fully saturated rings. The highest BCUT2D eigenvalue weighted by atomic mass is 33.1. The molecule has 14 rings (SSSR count). The summed E-state index contributed by atoms with van der Waals surface area (Å²) in [5, 5.41) is 118. The number of nitrogens with one attached hydrogen (secondary N) is 1. The molecule has 1 aromatic rings. The Balaban J connectivity index is 1.00. The number of aryl methyl sites for hydroxylation is 1. The van der Waals surface area contributed by atoms with Gasteiger partial charge in [0.05, 0.1) is 41.3 Å². The SMILES string of the molecule is COCCCC1(NCC2CCC3(CN4C(=O)C35C(CO)CCCC5CSSC(O)C35CC(O)C(O)(CO)CC3(C)C3CC6C=CCC(O)(C7OC7C(C)C(C)C)C7CCC(O)(C3=CC5=O)C67CCc3cc(O)cc4c3)C2O)CCCCC1. The maximum Gasteiger partial charge on any atom is 0.234 e. The standard InChI is InChI=1S/C65H96N2O13S2/c1-38(2)39(3)52-54(80-52)63(77)21-10-14-42-28-47-48-30-50(71)62(31-51(72)60(76,37-69)35-57(47,62)4)56(75)82-81-34-44-13-9-12-43(33-68)65(44)55(74)67(45-26-40(27-46(70)29-45)15-23-61(42)49(63)17-24-64(48,61)78)36-59(65)22-16-41(53(59)73)32-66-58(20-11-25-79-5)18-7-6-8-19-58/h10,14,26-27,29-30,38-39,41-44,47,49,51-54,56,66,68-70,72-73,75-78H,6-9,11-13,15-25,28,31-37H2,1-5H3. The number of aliphatic hydroxyl groups excluding tert-OH is 5. The third-order valence-electron chi connectivity index (χ3n) is 25.7. The lowest BCUT2D eigenvalue weighted by atomic mass is 9.38. The number of phenolic OH excluding ortho intramolecular Hbond substituents is 1. The van der Waals surface area contributed by atoms with Crippen molar-refractivity contribution in [2.75, 3.05) is 50.7 Å². The van der Waals surface area contributed by atoms with Crippen molar-refractivity contribution in [3.63, 3.8) is 0 Å². The number of benzene rings is 1. The summed E-state index contributed by atoms with van der Waals surface area (Å²) in [7, 11) is 4.23. The van der Waals surface area contributed by atoms with Crippen LogP contribution < -0.4 is 10.2 Å². The number of allylic oxidation sites excluding steroid dienone is 2. The van der Waals surface area contributed by atoms with Crippen LogP contribution in [0.2, 0.25) is 0 Å². The first-order valence-electron chi connectivity index (χ1n) is 31.7. The topological polar surface area (TPSA) is 253 Å². The van der Waals surface area contributed by atoms with Crippen molar-refractivity contribution in [1.82, 2.24) is 5.32 Å². The monoisotopic (exact) mass is 1180 g/mol. The molecule has 8 bridgehead atoms. The Morgan fingerprint density at radius 2 is 1.72 bits per heavy atom. The lowest BCUT2D eigenvalue weighted by molar-refractivity contribution is -0.235. The molecule has 1 amide bonds. The van der Waals surface area contributed by atoms with Crippen LogP contribution >= 0.6 is 21.6 Å². The van der Waals surface area contributed by atoms with Gasteiger partial charge in [-0.3, -0.25) is 9.59 Å². The maximum absolute atomic E-state index is 16.5. The molecule has 5 aliphatic heterocycles. The van der Waals surface area contributed by atoms with Crippen molar-refractivity contribution in [3.8, 4) is 5.75 Å². The summed E-state index contributed by atoms with van der Waals surface area (Å²) < 4.78 is 12.1. The fraction of sp³-hybridized carbons (Fsp3) is 0.815. The second-order valence-corrected chi connectivity index (χ2v) is 31.7. The molecular formula is C65H96N2O13S2. The molecule has 10 N–H and O–H groups in total. The van der Waals surface area contributed by atoms with Gasteiger partial charge in [0.2, 0.25) is 5.91 Å². The van der Waals surface area contributed by atoms with Gasteiger partial charge >= 0.3 is 0 Å². The summed E-state index contributed by atoms with van der Waals surface area (Å²) >= 11 is 0. The van der Waals surface area contributed by atoms with E-state index in [-0.39, 0.29) is 85.8 Å². The molecule has 456 valence electrons. The predicted molar refractivity (Wildman–Crippen MR) is 315 cm³/mol. The normalized spacial score (nSPS) is 47.1. The van der Waals surface area contributed by atoms with Crippen LogP contribution in [0.5, 0.6) is 5.75 Å². The molecule has 0 radical (unpaired) electrons. The average molecular weight is 1180 g/mol. The predicted octanol–water partition coefficient (Wildman–Crippen LogP) is 7.15. The molecule has 13 aliphatic rings. The first-order valence-corrected chi connectivity index (χ1v) is 34.1. The minimum absolute atomic E-state index is 0.0318. The molecule has 82 heavy (non-hydrogen) atoms. The highest BCUT2D eigenvalue weighted by molar-refractivity contribution is 8.76. The van der Waals surface area contributed by atoms with E-state index in [9.17, 15) is 46.0 Å². The van der Waals surface area contributed by atoms with E-state index in [1.54, 1.807) is 30.2 Å². The Hall–Kier alpha value is -2.10. The fourth-order valence-electron chi connectivity index (χ4n) is 21.3. The Kier molecular flexibility index (Phi) is 15.9. The number of rotatable bonds is 12. The van der Waals surface area contributed by atoms with E-state index in [1.165, 1.54) is 17.2 Å². The second kappa shape index (κ2) is 21.6. The van der Waals surface area contributed by atoms with Gasteiger partial charge in [-0.25, -0.2) is 0 Å². The second-order valence-electron chi connectivity index (χ2n) is 29.2. The molecule has 4 spiro atoms. The number of epoxide rings is 1. The number of hydrogen-bond acceptors (Lipinski definition) is 16. The zero-order valence-corrected chi connectivity index (χ0v) is 50.9. The van der Waals surface area contributed by atoms with E-state index in [1.807, 2.05) is 19.1 Å². The zero-order valence-electron chi connectivity index (χ0n) is 49.3. The van der Waals surface area contributed by atoms with Crippen molar-refractivity contribution in [1.29, 1.82) is 0 Å². The van der Waals surface area contributed by atoms with Gasteiger partial charge in [0.15, 0.2) is 5.78 Å². The number of aliphatic hydroxyl groups is 8. The Morgan fingerprint density at radius 3 is 2.45 bits per heavy atom. The lowest BCUT2D eigenvalue weighted by Crippen LogP contribution is -2.72. The number of fused-ring (bicyclic) bond motifs is 1. The van der Waals surface area contributed by atoms with Gasteiger partial charge < -0.3 is 65.6 Å². The molecule has 6 saturated carbocycles. The van der Waals surface area contributed by atoms with Crippen LogP contribution in [-0.2, 0) is 25.5 Å². The number of nitrogens with zero attached hydrogens (tertiary/aromatic N) is 1. The first kappa shape index (κ1) is 60.2. The van der Waals surface area contributed by atoms with Crippen LogP contribution in [0.3, 0.4) is 0 Å². The van der Waals surface area contributed by atoms with Crippen molar-refractivity contribution < 1.29 is 65.0 Å². The van der Waals surface area contributed by atoms with Gasteiger partial charge in [0, 0.05) is 73.2 Å². The summed E-state index contributed by atoms with van der Waals surface area (Å²) in [5.41, 5.74) is -11.3. The number of carbonyl (C=O) groups is 2. The summed E-state index contributed by atoms with van der Waals surface area (Å²) in [6.45, 7) is 8.75. The van der Waals surface area contributed by atoms with E-state index in [0.717, 1.165) is 61.3 Å². The van der Waals surface area contributed by atoms with E-state index in [4.69, 9.17) is 9.47 Å². The molecule has 1 aromatic carbocycles. The molecule has 8 aliphatic carbocycles. The van der Waals surface area contributed by atoms with Gasteiger partial charge in [-0.1, -0.05) is 87.1 Å². The molecule has 17 heteroatoms. The molecule has 2 saturated heterocycles. The summed E-state index contributed by atoms with van der Waals surface area (Å²) in [6.07, 6.45) is 14.5. The van der Waals surface area contributed by atoms with Crippen LogP contribution in [0.15, 0.2) is 42.0 Å². The number of anilines is 1. The zero-order chi connectivity index (χ0) is 58.2. The number of hydrogen-bond donors (Lipinski definition) is 10. The molecule has 5 heterocycles. The third kappa shape index (κ3) is 8.49. The number of amides is 1. The first-order chi connectivity index (χ1) is 39.0. The Morgan fingerprint density at radius 1 is 0.939 bits per heavy atom. The number of phenols is 1. The van der Waals surface area contributed by atoms with E-state index in [2.05, 4.69) is 32.2 Å². The lowest BCUT2D eigenvalue weighted by Gasteiger charge is -2.68. The Labute approximate surface area is 493 Å². The largest absolute Gasteiger partial charge is 0.508 e. The maximum atomic E-state index is 16.5. The molecule has 0 aromatic heterocycles. The number of carbonyl (C=O) groups excluding carboxylic acids is 2. The number of ether oxygens (including phenoxy) is 2. The van der Waals surface area contributed by atoms with Crippen LogP contribution in [-0.4, -0.2) is 156 Å². The van der Waals surface area contributed by atoms with Crippen molar-refractivity contribution in [3.05, 3.63) is 47.6 Å². The van der Waals surface area contributed by atoms with Gasteiger partial charge in [-0.05, 0) is 179 Å². The van der Waals surface area contributed by atoms with Gasteiger partial charge in [-0.2, -0.15) is 0 Å². The highest BCUT2D eigenvalue weighted by Gasteiger charge is 2.79. The summed E-state index contributed by atoms with van der Waals surface area (Å²) in [6, 6.07) is 5.35. The summed E-state index contributed by atoms with van der Waals surface area (Å²) in [5.74, 6) is -2.54. The smallest absolute Gasteiger partial charge is 0.234 e. The number of aromatic hydroxyl groups is 1. The van der Waals surface area contributed by atoms with Crippen molar-refractivity contribution >= 4 is 39.0 Å². The van der Waals surface area contributed by atoms with Gasteiger partial charge in [0.1, 0.15) is 28.5 Å². The molecule has 20 unspecified atom stereocenters. The number of methoxy groups -OCH3 is 1. The average Bonchev–Trinajstić information content (AvgIpc) is 1.28. The van der Waals surface area contributed by atoms with Crippen LogP contribution in [0.4, 0.5) is 5.69 Å². The van der Waals surface area contributed by atoms with Crippen molar-refractivity contribution in [2.45, 2.75) is 208 Å².